The largest absolute Gasteiger partial charge is 0.424 e. The van der Waals surface area contributed by atoms with Crippen LogP contribution in [0, 0.1) is 6.92 Å². The van der Waals surface area contributed by atoms with Gasteiger partial charge in [0.25, 0.3) is 0 Å². The van der Waals surface area contributed by atoms with Gasteiger partial charge >= 0.3 is 6.01 Å². The molecule has 0 aliphatic rings. The minimum absolute atomic E-state index is 0.361. The van der Waals surface area contributed by atoms with Crippen molar-refractivity contribution in [2.45, 2.75) is 12.3 Å². The van der Waals surface area contributed by atoms with Crippen molar-refractivity contribution in [3.8, 4) is 11.8 Å². The molecule has 0 aliphatic carbocycles. The summed E-state index contributed by atoms with van der Waals surface area (Å²) in [6.07, 6.45) is 3.48. The average molecular weight is 358 g/mol. The van der Waals surface area contributed by atoms with Crippen molar-refractivity contribution < 1.29 is 4.74 Å². The Labute approximate surface area is 117 Å². The number of nitrogens with zero attached hydrogens (tertiary/aromatic N) is 2. The van der Waals surface area contributed by atoms with Gasteiger partial charge in [-0.2, -0.15) is 0 Å². The van der Waals surface area contributed by atoms with E-state index in [0.717, 1.165) is 26.7 Å². The molecule has 5 heteroatoms. The van der Waals surface area contributed by atoms with Crippen LogP contribution >= 0.6 is 31.9 Å². The van der Waals surface area contributed by atoms with E-state index in [1.54, 1.807) is 12.4 Å². The number of ether oxygens (including phenoxy) is 1. The fraction of sp³-hybridized carbons (Fsp3) is 0.167. The molecule has 0 unspecified atom stereocenters. The summed E-state index contributed by atoms with van der Waals surface area (Å²) in [6.45, 7) is 1.98. The van der Waals surface area contributed by atoms with Crippen LogP contribution in [0.5, 0.6) is 11.8 Å². The van der Waals surface area contributed by atoms with Crippen molar-refractivity contribution in [1.82, 2.24) is 9.97 Å². The SMILES string of the molecule is Cc1cc(Br)ccc1Oc1ncc(CBr)cn1. The third-order valence-electron chi connectivity index (χ3n) is 2.17. The molecule has 2 rings (SSSR count). The molecule has 88 valence electrons. The van der Waals surface area contributed by atoms with Gasteiger partial charge in [-0.3, -0.25) is 0 Å². The van der Waals surface area contributed by atoms with Crippen LogP contribution in [0.4, 0.5) is 0 Å². The van der Waals surface area contributed by atoms with E-state index in [9.17, 15) is 0 Å². The molecule has 0 saturated carbocycles. The van der Waals surface area contributed by atoms with Crippen LogP contribution < -0.4 is 4.74 Å². The molecule has 0 spiro atoms. The Morgan fingerprint density at radius 1 is 1.24 bits per heavy atom. The van der Waals surface area contributed by atoms with Gasteiger partial charge in [-0.15, -0.1) is 0 Å². The summed E-state index contributed by atoms with van der Waals surface area (Å²) >= 11 is 6.75. The molecule has 0 aliphatic heterocycles. The fourth-order valence-electron chi connectivity index (χ4n) is 1.29. The maximum atomic E-state index is 5.61. The third-order valence-corrected chi connectivity index (χ3v) is 3.31. The normalized spacial score (nSPS) is 10.3. The Morgan fingerprint density at radius 3 is 2.53 bits per heavy atom. The standard InChI is InChI=1S/C12H10Br2N2O/c1-8-4-10(14)2-3-11(8)17-12-15-6-9(5-13)7-16-12/h2-4,6-7H,5H2,1H3. The van der Waals surface area contributed by atoms with E-state index in [1.807, 2.05) is 25.1 Å². The Balaban J connectivity index is 2.19. The topological polar surface area (TPSA) is 35.0 Å². The molecular formula is C12H10Br2N2O. The van der Waals surface area contributed by atoms with Gasteiger partial charge in [0.2, 0.25) is 0 Å². The van der Waals surface area contributed by atoms with E-state index in [-0.39, 0.29) is 0 Å². The zero-order chi connectivity index (χ0) is 12.3. The zero-order valence-corrected chi connectivity index (χ0v) is 12.3. The molecule has 17 heavy (non-hydrogen) atoms. The second-order valence-electron chi connectivity index (χ2n) is 3.52. The van der Waals surface area contributed by atoms with E-state index in [1.165, 1.54) is 0 Å². The summed E-state index contributed by atoms with van der Waals surface area (Å²) in [7, 11) is 0. The van der Waals surface area contributed by atoms with Crippen LogP contribution in [0.15, 0.2) is 35.1 Å². The monoisotopic (exact) mass is 356 g/mol. The maximum Gasteiger partial charge on any atom is 0.321 e. The fourth-order valence-corrected chi connectivity index (χ4v) is 2.06. The molecule has 0 atom stereocenters. The highest BCUT2D eigenvalue weighted by Crippen LogP contribution is 2.25. The van der Waals surface area contributed by atoms with Gasteiger partial charge in [0.15, 0.2) is 0 Å². The number of benzene rings is 1. The molecular weight excluding hydrogens is 348 g/mol. The minimum Gasteiger partial charge on any atom is -0.424 e. The summed E-state index contributed by atoms with van der Waals surface area (Å²) in [6, 6.07) is 6.17. The molecule has 1 aromatic heterocycles. The summed E-state index contributed by atoms with van der Waals surface area (Å²) in [5.74, 6) is 0.764. The summed E-state index contributed by atoms with van der Waals surface area (Å²) in [5, 5.41) is 0.741. The molecule has 0 fully saturated rings. The number of alkyl halides is 1. The predicted molar refractivity (Wildman–Crippen MR) is 73.6 cm³/mol. The van der Waals surface area contributed by atoms with Gasteiger partial charge in [-0.1, -0.05) is 31.9 Å². The molecule has 1 heterocycles. The lowest BCUT2D eigenvalue weighted by Crippen LogP contribution is -1.94. The molecule has 0 N–H and O–H groups in total. The summed E-state index contributed by atoms with van der Waals surface area (Å²) < 4.78 is 6.63. The van der Waals surface area contributed by atoms with Crippen molar-refractivity contribution in [3.05, 3.63) is 46.2 Å². The summed E-state index contributed by atoms with van der Waals surface area (Å²) in [4.78, 5) is 8.27. The Morgan fingerprint density at radius 2 is 1.94 bits per heavy atom. The highest BCUT2D eigenvalue weighted by atomic mass is 79.9. The lowest BCUT2D eigenvalue weighted by molar-refractivity contribution is 0.438. The van der Waals surface area contributed by atoms with Gasteiger partial charge in [-0.05, 0) is 36.2 Å². The Hall–Kier alpha value is -0.940. The van der Waals surface area contributed by atoms with E-state index in [4.69, 9.17) is 4.74 Å². The first kappa shape index (κ1) is 12.5. The molecule has 2 aromatic rings. The lowest BCUT2D eigenvalue weighted by atomic mass is 10.2. The first-order valence-corrected chi connectivity index (χ1v) is 6.91. The molecule has 1 aromatic carbocycles. The van der Waals surface area contributed by atoms with Crippen LogP contribution in [0.1, 0.15) is 11.1 Å². The third kappa shape index (κ3) is 3.26. The van der Waals surface area contributed by atoms with E-state index in [0.29, 0.717) is 6.01 Å². The number of hydrogen-bond acceptors (Lipinski definition) is 3. The first-order chi connectivity index (χ1) is 8.19. The Bertz CT molecular complexity index is 514. The van der Waals surface area contributed by atoms with E-state index in [2.05, 4.69) is 41.8 Å². The second-order valence-corrected chi connectivity index (χ2v) is 5.00. The Kier molecular flexibility index (Phi) is 4.12. The molecule has 3 nitrogen and oxygen atoms in total. The smallest absolute Gasteiger partial charge is 0.321 e. The highest BCUT2D eigenvalue weighted by Gasteiger charge is 2.04. The average Bonchev–Trinajstić information content (AvgIpc) is 2.34. The van der Waals surface area contributed by atoms with Crippen molar-refractivity contribution in [1.29, 1.82) is 0 Å². The van der Waals surface area contributed by atoms with Crippen LogP contribution in [0.2, 0.25) is 0 Å². The molecule has 0 radical (unpaired) electrons. The zero-order valence-electron chi connectivity index (χ0n) is 9.15. The number of rotatable bonds is 3. The quantitative estimate of drug-likeness (QED) is 0.771. The molecule has 0 saturated heterocycles. The number of hydrogen-bond donors (Lipinski definition) is 0. The first-order valence-electron chi connectivity index (χ1n) is 5.00. The number of aromatic nitrogens is 2. The van der Waals surface area contributed by atoms with Crippen LogP contribution in [0.25, 0.3) is 0 Å². The van der Waals surface area contributed by atoms with Crippen LogP contribution in [-0.2, 0) is 5.33 Å². The second kappa shape index (κ2) is 5.60. The van der Waals surface area contributed by atoms with E-state index < -0.39 is 0 Å². The van der Waals surface area contributed by atoms with Crippen molar-refractivity contribution in [2.24, 2.45) is 0 Å². The van der Waals surface area contributed by atoms with Gasteiger partial charge in [0, 0.05) is 22.2 Å². The minimum atomic E-state index is 0.361. The van der Waals surface area contributed by atoms with Crippen LogP contribution in [-0.4, -0.2) is 9.97 Å². The molecule has 0 amide bonds. The summed E-state index contributed by atoms with van der Waals surface area (Å²) in [5.41, 5.74) is 2.05. The van der Waals surface area contributed by atoms with Gasteiger partial charge in [0.05, 0.1) is 0 Å². The lowest BCUT2D eigenvalue weighted by Gasteiger charge is -2.07. The van der Waals surface area contributed by atoms with Crippen molar-refractivity contribution in [3.63, 3.8) is 0 Å². The van der Waals surface area contributed by atoms with Crippen molar-refractivity contribution in [2.75, 3.05) is 0 Å². The van der Waals surface area contributed by atoms with Gasteiger partial charge < -0.3 is 4.74 Å². The van der Waals surface area contributed by atoms with E-state index >= 15 is 0 Å². The van der Waals surface area contributed by atoms with Gasteiger partial charge in [0.1, 0.15) is 5.75 Å². The highest BCUT2D eigenvalue weighted by molar-refractivity contribution is 9.10. The van der Waals surface area contributed by atoms with Gasteiger partial charge in [-0.25, -0.2) is 9.97 Å². The number of halogens is 2. The predicted octanol–water partition coefficient (Wildman–Crippen LogP) is 4.23. The van der Waals surface area contributed by atoms with Crippen LogP contribution in [0.3, 0.4) is 0 Å². The molecule has 0 bridgehead atoms. The maximum absolute atomic E-state index is 5.61. The van der Waals surface area contributed by atoms with Crippen molar-refractivity contribution >= 4 is 31.9 Å². The number of aryl methyl sites for hydroxylation is 1.